The molecule has 0 amide bonds. The van der Waals surface area contributed by atoms with Gasteiger partial charge in [-0.3, -0.25) is 0 Å². The summed E-state index contributed by atoms with van der Waals surface area (Å²) in [5, 5.41) is 7.78. The van der Waals surface area contributed by atoms with Gasteiger partial charge in [-0.15, -0.1) is 0 Å². The van der Waals surface area contributed by atoms with E-state index >= 15 is 0 Å². The Morgan fingerprint density at radius 3 is 2.69 bits per heavy atom. The molecule has 0 bridgehead atoms. The molecule has 2 aromatic carbocycles. The zero-order chi connectivity index (χ0) is 19.6. The van der Waals surface area contributed by atoms with Gasteiger partial charge in [-0.2, -0.15) is 5.10 Å². The van der Waals surface area contributed by atoms with Crippen LogP contribution in [0.25, 0.3) is 16.7 Å². The van der Waals surface area contributed by atoms with Gasteiger partial charge >= 0.3 is 0 Å². The second-order valence-corrected chi connectivity index (χ2v) is 7.18. The number of anilines is 1. The minimum absolute atomic E-state index is 0.694. The van der Waals surface area contributed by atoms with Crippen LogP contribution in [0.3, 0.4) is 0 Å². The van der Waals surface area contributed by atoms with Crippen LogP contribution in [0.5, 0.6) is 0 Å². The van der Waals surface area contributed by atoms with E-state index in [9.17, 15) is 0 Å². The number of nitrogens with one attached hydrogen (secondary N) is 1. The van der Waals surface area contributed by atoms with Crippen molar-refractivity contribution in [3.05, 3.63) is 90.1 Å². The van der Waals surface area contributed by atoms with E-state index in [1.165, 1.54) is 11.1 Å². The molecule has 1 N–H and O–H groups in total. The van der Waals surface area contributed by atoms with E-state index in [1.807, 2.05) is 24.5 Å². The van der Waals surface area contributed by atoms with Gasteiger partial charge in [0.2, 0.25) is 0 Å². The minimum atomic E-state index is 0.694. The molecule has 144 valence electrons. The molecule has 0 unspecified atom stereocenters. The molecule has 6 nitrogen and oxygen atoms in total. The number of hydrogen-bond donors (Lipinski definition) is 1. The molecule has 0 radical (unpaired) electrons. The van der Waals surface area contributed by atoms with E-state index < -0.39 is 0 Å². The first-order valence-electron chi connectivity index (χ1n) is 9.78. The number of aryl methyl sites for hydroxylation is 3. The van der Waals surface area contributed by atoms with E-state index in [0.717, 1.165) is 41.1 Å². The van der Waals surface area contributed by atoms with Crippen molar-refractivity contribution >= 4 is 22.4 Å². The first-order chi connectivity index (χ1) is 14.3. The SMILES string of the molecule is Cn1c(CCc2ccc(NCc3cnn4cccnc34)cc2)nc2ccccc21. The van der Waals surface area contributed by atoms with Crippen LogP contribution in [0.4, 0.5) is 5.69 Å². The summed E-state index contributed by atoms with van der Waals surface area (Å²) < 4.78 is 3.98. The number of para-hydroxylation sites is 2. The van der Waals surface area contributed by atoms with Gasteiger partial charge in [0.1, 0.15) is 5.82 Å². The van der Waals surface area contributed by atoms with Gasteiger partial charge in [0, 0.05) is 43.7 Å². The van der Waals surface area contributed by atoms with Gasteiger partial charge in [0.15, 0.2) is 5.65 Å². The molecule has 5 rings (SSSR count). The van der Waals surface area contributed by atoms with Crippen molar-refractivity contribution in [1.29, 1.82) is 0 Å². The molecule has 0 aliphatic rings. The first kappa shape index (κ1) is 17.4. The summed E-state index contributed by atoms with van der Waals surface area (Å²) >= 11 is 0. The van der Waals surface area contributed by atoms with Crippen molar-refractivity contribution in [2.45, 2.75) is 19.4 Å². The highest BCUT2D eigenvalue weighted by molar-refractivity contribution is 5.75. The fraction of sp³-hybridized carbons (Fsp3) is 0.174. The van der Waals surface area contributed by atoms with Gasteiger partial charge < -0.3 is 9.88 Å². The molecule has 0 saturated carbocycles. The van der Waals surface area contributed by atoms with Gasteiger partial charge in [-0.25, -0.2) is 14.5 Å². The monoisotopic (exact) mass is 382 g/mol. The van der Waals surface area contributed by atoms with Crippen LogP contribution in [0.15, 0.2) is 73.2 Å². The fourth-order valence-electron chi connectivity index (χ4n) is 3.66. The standard InChI is InChI=1S/C23H22N6/c1-28-21-6-3-2-5-20(21)27-22(28)12-9-17-7-10-19(11-8-17)25-15-18-16-26-29-14-4-13-24-23(18)29/h2-8,10-11,13-14,16,25H,9,12,15H2,1H3. The van der Waals surface area contributed by atoms with Crippen LogP contribution in [0.2, 0.25) is 0 Å². The maximum absolute atomic E-state index is 4.76. The summed E-state index contributed by atoms with van der Waals surface area (Å²) in [6.45, 7) is 0.694. The average Bonchev–Trinajstić information content (AvgIpc) is 3.33. The van der Waals surface area contributed by atoms with E-state index in [4.69, 9.17) is 4.98 Å². The van der Waals surface area contributed by atoms with Crippen LogP contribution in [-0.4, -0.2) is 24.1 Å². The topological polar surface area (TPSA) is 60.0 Å². The third-order valence-corrected chi connectivity index (χ3v) is 5.31. The Morgan fingerprint density at radius 2 is 1.83 bits per heavy atom. The quantitative estimate of drug-likeness (QED) is 0.482. The molecule has 6 heteroatoms. The zero-order valence-corrected chi connectivity index (χ0v) is 16.3. The van der Waals surface area contributed by atoms with Gasteiger partial charge in [-0.1, -0.05) is 24.3 Å². The summed E-state index contributed by atoms with van der Waals surface area (Å²) in [4.78, 5) is 9.16. The summed E-state index contributed by atoms with van der Waals surface area (Å²) in [5.41, 5.74) is 6.61. The molecule has 0 spiro atoms. The molecule has 0 aliphatic heterocycles. The summed E-state index contributed by atoms with van der Waals surface area (Å²) in [5.74, 6) is 1.12. The van der Waals surface area contributed by atoms with Gasteiger partial charge in [0.25, 0.3) is 0 Å². The Balaban J connectivity index is 1.22. The lowest BCUT2D eigenvalue weighted by molar-refractivity contribution is 0.787. The van der Waals surface area contributed by atoms with Crippen LogP contribution in [0, 0.1) is 0 Å². The van der Waals surface area contributed by atoms with Crippen molar-refractivity contribution in [3.63, 3.8) is 0 Å². The normalized spacial score (nSPS) is 11.3. The lowest BCUT2D eigenvalue weighted by atomic mass is 10.1. The Bertz CT molecular complexity index is 1270. The largest absolute Gasteiger partial charge is 0.381 e. The number of nitrogens with zero attached hydrogens (tertiary/aromatic N) is 5. The fourth-order valence-corrected chi connectivity index (χ4v) is 3.66. The maximum Gasteiger partial charge on any atom is 0.159 e. The molecular weight excluding hydrogens is 360 g/mol. The lowest BCUT2D eigenvalue weighted by Gasteiger charge is -2.07. The molecule has 29 heavy (non-hydrogen) atoms. The number of benzene rings is 2. The molecule has 3 heterocycles. The van der Waals surface area contributed by atoms with Crippen molar-refractivity contribution in [2.24, 2.45) is 7.05 Å². The van der Waals surface area contributed by atoms with E-state index in [1.54, 1.807) is 10.7 Å². The van der Waals surface area contributed by atoms with Crippen molar-refractivity contribution in [3.8, 4) is 0 Å². The Hall–Kier alpha value is -3.67. The highest BCUT2D eigenvalue weighted by Crippen LogP contribution is 2.17. The predicted molar refractivity (Wildman–Crippen MR) is 115 cm³/mol. The smallest absolute Gasteiger partial charge is 0.159 e. The van der Waals surface area contributed by atoms with Crippen LogP contribution < -0.4 is 5.32 Å². The maximum atomic E-state index is 4.76. The minimum Gasteiger partial charge on any atom is -0.381 e. The number of imidazole rings is 1. The van der Waals surface area contributed by atoms with Crippen molar-refractivity contribution in [2.75, 3.05) is 5.32 Å². The highest BCUT2D eigenvalue weighted by atomic mass is 15.2. The van der Waals surface area contributed by atoms with Crippen LogP contribution in [0.1, 0.15) is 17.0 Å². The number of aromatic nitrogens is 5. The second-order valence-electron chi connectivity index (χ2n) is 7.18. The van der Waals surface area contributed by atoms with E-state index in [0.29, 0.717) is 6.54 Å². The molecule has 0 aliphatic carbocycles. The molecule has 0 fully saturated rings. The van der Waals surface area contributed by atoms with Crippen molar-refractivity contribution < 1.29 is 0 Å². The molecule has 0 saturated heterocycles. The molecule has 5 aromatic rings. The van der Waals surface area contributed by atoms with Gasteiger partial charge in [-0.05, 0) is 42.3 Å². The Kier molecular flexibility index (Phi) is 4.44. The van der Waals surface area contributed by atoms with Crippen LogP contribution in [-0.2, 0) is 26.4 Å². The predicted octanol–water partition coefficient (Wildman–Crippen LogP) is 4.01. The zero-order valence-electron chi connectivity index (χ0n) is 16.3. The number of rotatable bonds is 6. The van der Waals surface area contributed by atoms with Gasteiger partial charge in [0.05, 0.1) is 17.2 Å². The third kappa shape index (κ3) is 3.45. The van der Waals surface area contributed by atoms with E-state index in [-0.39, 0.29) is 0 Å². The molecule has 3 aromatic heterocycles. The van der Waals surface area contributed by atoms with Crippen LogP contribution >= 0.6 is 0 Å². The Morgan fingerprint density at radius 1 is 0.966 bits per heavy atom. The average molecular weight is 382 g/mol. The van der Waals surface area contributed by atoms with E-state index in [2.05, 4.69) is 69.5 Å². The first-order valence-corrected chi connectivity index (χ1v) is 9.78. The Labute approximate surface area is 168 Å². The lowest BCUT2D eigenvalue weighted by Crippen LogP contribution is -2.02. The van der Waals surface area contributed by atoms with Crippen molar-refractivity contribution in [1.82, 2.24) is 24.1 Å². The highest BCUT2D eigenvalue weighted by Gasteiger charge is 2.08. The summed E-state index contributed by atoms with van der Waals surface area (Å²) in [6, 6.07) is 18.8. The molecular formula is C23H22N6. The molecule has 0 atom stereocenters. The summed E-state index contributed by atoms with van der Waals surface area (Å²) in [7, 11) is 2.09. The summed E-state index contributed by atoms with van der Waals surface area (Å²) in [6.07, 6.45) is 7.45. The number of hydrogen-bond acceptors (Lipinski definition) is 4. The second kappa shape index (κ2) is 7.39. The third-order valence-electron chi connectivity index (χ3n) is 5.31. The number of fused-ring (bicyclic) bond motifs is 2.